The number of nitrogens with zero attached hydrogens (tertiary/aromatic N) is 3. The Bertz CT molecular complexity index is 617. The first-order valence-electron chi connectivity index (χ1n) is 5.45. The van der Waals surface area contributed by atoms with Crippen molar-refractivity contribution in [2.45, 2.75) is 25.2 Å². The van der Waals surface area contributed by atoms with Crippen molar-refractivity contribution in [3.8, 4) is 0 Å². The molecule has 1 rings (SSSR count). The van der Waals surface area contributed by atoms with Crippen molar-refractivity contribution in [1.82, 2.24) is 4.57 Å². The SMILES string of the molecule is CCn1cc[n+](C)c1.NC(=NS(=O)(=O)C(F)(F)F)C(F)(F)F. The van der Waals surface area contributed by atoms with Crippen LogP contribution in [0.1, 0.15) is 6.92 Å². The summed E-state index contributed by atoms with van der Waals surface area (Å²) in [6.45, 7) is 3.18. The first-order chi connectivity index (χ1) is 9.70. The quantitative estimate of drug-likeness (QED) is 0.373. The van der Waals surface area contributed by atoms with Gasteiger partial charge in [0.25, 0.3) is 0 Å². The van der Waals surface area contributed by atoms with Crippen LogP contribution in [0, 0.1) is 0 Å². The third-order valence-electron chi connectivity index (χ3n) is 1.99. The predicted octanol–water partition coefficient (Wildman–Crippen LogP) is 1.09. The Balaban J connectivity index is 0.000000461. The molecule has 0 fully saturated rings. The van der Waals surface area contributed by atoms with Crippen LogP contribution in [-0.4, -0.2) is 30.5 Å². The average molecular weight is 355 g/mol. The smallest absolute Gasteiger partial charge is 0.379 e. The van der Waals surface area contributed by atoms with Gasteiger partial charge in [0.2, 0.25) is 12.2 Å². The Morgan fingerprint density at radius 1 is 1.27 bits per heavy atom. The molecule has 1 aromatic rings. The summed E-state index contributed by atoms with van der Waals surface area (Å²) in [4.78, 5) is 0. The number of sulfonamides is 1. The van der Waals surface area contributed by atoms with Crippen molar-refractivity contribution in [2.24, 2.45) is 17.2 Å². The van der Waals surface area contributed by atoms with E-state index in [2.05, 4.69) is 29.7 Å². The largest absolute Gasteiger partial charge is 0.518 e. The summed E-state index contributed by atoms with van der Waals surface area (Å²) in [5.74, 6) is -2.57. The van der Waals surface area contributed by atoms with Crippen LogP contribution in [0.25, 0.3) is 0 Å². The van der Waals surface area contributed by atoms with Crippen molar-refractivity contribution in [3.63, 3.8) is 0 Å². The second-order valence-corrected chi connectivity index (χ2v) is 5.40. The highest BCUT2D eigenvalue weighted by Crippen LogP contribution is 2.26. The number of amidine groups is 1. The summed E-state index contributed by atoms with van der Waals surface area (Å²) in [6.07, 6.45) is 0.724. The molecule has 0 aliphatic heterocycles. The summed E-state index contributed by atoms with van der Waals surface area (Å²) in [7, 11) is -4.22. The monoisotopic (exact) mass is 355 g/mol. The normalized spacial score (nSPS) is 13.5. The van der Waals surface area contributed by atoms with Crippen LogP contribution < -0.4 is 10.3 Å². The van der Waals surface area contributed by atoms with Crippen molar-refractivity contribution in [2.75, 3.05) is 0 Å². The second kappa shape index (κ2) is 6.98. The minimum absolute atomic E-state index is 1.06. The topological polar surface area (TPSA) is 81.3 Å². The number of aryl methyl sites for hydroxylation is 2. The molecule has 0 radical (unpaired) electrons. The lowest BCUT2D eigenvalue weighted by atomic mass is 10.6. The van der Waals surface area contributed by atoms with Gasteiger partial charge in [0, 0.05) is 0 Å². The third-order valence-corrected chi connectivity index (χ3v) is 3.01. The molecule has 128 valence electrons. The first-order valence-corrected chi connectivity index (χ1v) is 6.89. The van der Waals surface area contributed by atoms with Gasteiger partial charge in [0.1, 0.15) is 12.4 Å². The molecule has 0 aliphatic carbocycles. The van der Waals surface area contributed by atoms with Gasteiger partial charge in [-0.2, -0.15) is 34.8 Å². The maximum atomic E-state index is 11.5. The van der Waals surface area contributed by atoms with Crippen molar-refractivity contribution in [1.29, 1.82) is 0 Å². The summed E-state index contributed by atoms with van der Waals surface area (Å²) in [5, 5.41) is 0. The molecule has 0 aromatic carbocycles. The van der Waals surface area contributed by atoms with Crippen LogP contribution in [-0.2, 0) is 23.6 Å². The van der Waals surface area contributed by atoms with E-state index in [0.717, 1.165) is 6.54 Å². The molecular formula is C9H13F6N4O2S+. The van der Waals surface area contributed by atoms with Gasteiger partial charge in [-0.05, 0) is 6.92 Å². The van der Waals surface area contributed by atoms with Gasteiger partial charge in [0.15, 0.2) is 0 Å². The van der Waals surface area contributed by atoms with Gasteiger partial charge in [-0.3, -0.25) is 0 Å². The molecule has 0 saturated carbocycles. The first kappa shape index (κ1) is 20.2. The zero-order chi connectivity index (χ0) is 17.8. The third kappa shape index (κ3) is 6.32. The Morgan fingerprint density at radius 3 is 2.00 bits per heavy atom. The molecule has 0 unspecified atom stereocenters. The molecule has 1 aromatic heterocycles. The lowest BCUT2D eigenvalue weighted by Gasteiger charge is -2.06. The van der Waals surface area contributed by atoms with Crippen LogP contribution in [0.5, 0.6) is 0 Å². The Hall–Kier alpha value is -1.79. The van der Waals surface area contributed by atoms with E-state index in [1.165, 1.54) is 4.40 Å². The van der Waals surface area contributed by atoms with Crippen LogP contribution >= 0.6 is 0 Å². The van der Waals surface area contributed by atoms with Crippen molar-refractivity contribution in [3.05, 3.63) is 18.7 Å². The van der Waals surface area contributed by atoms with Gasteiger partial charge in [-0.15, -0.1) is 4.40 Å². The Labute approximate surface area is 121 Å². The molecule has 0 spiro atoms. The molecular weight excluding hydrogens is 342 g/mol. The minimum atomic E-state index is -6.24. The van der Waals surface area contributed by atoms with Crippen LogP contribution in [0.15, 0.2) is 23.1 Å². The fourth-order valence-electron chi connectivity index (χ4n) is 0.922. The molecule has 0 amide bonds. The van der Waals surface area contributed by atoms with E-state index >= 15 is 0 Å². The fraction of sp³-hybridized carbons (Fsp3) is 0.556. The van der Waals surface area contributed by atoms with Crippen LogP contribution in [0.3, 0.4) is 0 Å². The Kier molecular flexibility index (Phi) is 6.41. The van der Waals surface area contributed by atoms with Crippen LogP contribution in [0.4, 0.5) is 26.3 Å². The second-order valence-electron chi connectivity index (χ2n) is 3.80. The van der Waals surface area contributed by atoms with Crippen LogP contribution in [0.2, 0.25) is 0 Å². The molecule has 0 bridgehead atoms. The van der Waals surface area contributed by atoms with E-state index in [1.54, 1.807) is 0 Å². The standard InChI is InChI=1S/C6H11N2.C3H2F6N2O2S/c1-3-8-5-4-7(2)6-8;4-2(5,6)1(10)11-14(12,13)3(7,8)9/h4-6H,3H2,1-2H3;(H2,10,11)/q+1;. The van der Waals surface area contributed by atoms with Crippen molar-refractivity contribution >= 4 is 15.9 Å². The predicted molar refractivity (Wildman–Crippen MR) is 63.9 cm³/mol. The maximum Gasteiger partial charge on any atom is 0.518 e. The lowest BCUT2D eigenvalue weighted by molar-refractivity contribution is -0.671. The molecule has 0 aliphatic rings. The highest BCUT2D eigenvalue weighted by atomic mass is 32.2. The number of hydrogen-bond donors (Lipinski definition) is 1. The average Bonchev–Trinajstić information content (AvgIpc) is 2.72. The molecule has 1 heterocycles. The maximum absolute atomic E-state index is 11.5. The Morgan fingerprint density at radius 2 is 1.77 bits per heavy atom. The highest BCUT2D eigenvalue weighted by Gasteiger charge is 2.48. The highest BCUT2D eigenvalue weighted by molar-refractivity contribution is 7.91. The summed E-state index contributed by atoms with van der Waals surface area (Å²) in [6, 6.07) is 0. The minimum Gasteiger partial charge on any atom is -0.379 e. The van der Waals surface area contributed by atoms with E-state index in [-0.39, 0.29) is 0 Å². The number of hydrogen-bond acceptors (Lipinski definition) is 2. The number of nitrogens with two attached hydrogens (primary N) is 1. The summed E-state index contributed by atoms with van der Waals surface area (Å²) < 4.78 is 94.4. The van der Waals surface area contributed by atoms with Gasteiger partial charge in [-0.25, -0.2) is 9.13 Å². The molecule has 2 N–H and O–H groups in total. The zero-order valence-corrected chi connectivity index (χ0v) is 12.2. The van der Waals surface area contributed by atoms with E-state index in [0.29, 0.717) is 0 Å². The zero-order valence-electron chi connectivity index (χ0n) is 11.4. The molecule has 13 heteroatoms. The number of halogens is 6. The number of imidazole rings is 1. The molecule has 0 atom stereocenters. The van der Waals surface area contributed by atoms with E-state index < -0.39 is 27.5 Å². The summed E-state index contributed by atoms with van der Waals surface area (Å²) >= 11 is 0. The van der Waals surface area contributed by atoms with Gasteiger partial charge < -0.3 is 5.73 Å². The van der Waals surface area contributed by atoms with E-state index in [9.17, 15) is 34.8 Å². The van der Waals surface area contributed by atoms with Gasteiger partial charge in [0.05, 0.1) is 13.6 Å². The number of alkyl halides is 6. The van der Waals surface area contributed by atoms with E-state index in [4.69, 9.17) is 0 Å². The van der Waals surface area contributed by atoms with E-state index in [1.807, 2.05) is 17.8 Å². The van der Waals surface area contributed by atoms with Crippen molar-refractivity contribution < 1.29 is 39.3 Å². The summed E-state index contributed by atoms with van der Waals surface area (Å²) in [5.41, 5.74) is -1.92. The number of rotatable bonds is 2. The van der Waals surface area contributed by atoms with Gasteiger partial charge in [-0.1, -0.05) is 0 Å². The molecule has 22 heavy (non-hydrogen) atoms. The lowest BCUT2D eigenvalue weighted by Crippen LogP contribution is -2.34. The number of aromatic nitrogens is 2. The molecule has 0 saturated heterocycles. The fourth-order valence-corrected chi connectivity index (χ4v) is 1.39. The molecule has 6 nitrogen and oxygen atoms in total. The van der Waals surface area contributed by atoms with Gasteiger partial charge >= 0.3 is 21.7 Å².